The van der Waals surface area contributed by atoms with Crippen molar-refractivity contribution < 1.29 is 4.79 Å². The van der Waals surface area contributed by atoms with Crippen molar-refractivity contribution in [1.82, 2.24) is 9.99 Å². The summed E-state index contributed by atoms with van der Waals surface area (Å²) in [4.78, 5) is 12.5. The Kier molecular flexibility index (Phi) is 8.34. The third-order valence-corrected chi connectivity index (χ3v) is 7.20. The molecular formula is C28H25Cl2N3OS. The summed E-state index contributed by atoms with van der Waals surface area (Å²) in [5.41, 5.74) is 9.37. The van der Waals surface area contributed by atoms with Gasteiger partial charge in [-0.3, -0.25) is 4.79 Å². The van der Waals surface area contributed by atoms with Crippen LogP contribution in [0.5, 0.6) is 0 Å². The van der Waals surface area contributed by atoms with Gasteiger partial charge in [0.25, 0.3) is 5.91 Å². The van der Waals surface area contributed by atoms with Crippen LogP contribution in [-0.4, -0.2) is 16.7 Å². The number of hydrazone groups is 1. The van der Waals surface area contributed by atoms with E-state index in [0.29, 0.717) is 15.6 Å². The first kappa shape index (κ1) is 25.1. The number of nitrogens with one attached hydrogen (secondary N) is 1. The molecule has 178 valence electrons. The smallest absolute Gasteiger partial charge is 0.271 e. The number of nitrogens with zero attached hydrogens (tertiary/aromatic N) is 2. The predicted molar refractivity (Wildman–Crippen MR) is 148 cm³/mol. The van der Waals surface area contributed by atoms with E-state index >= 15 is 0 Å². The molecule has 1 N–H and O–H groups in total. The van der Waals surface area contributed by atoms with Gasteiger partial charge in [-0.2, -0.15) is 16.9 Å². The number of hydrogen-bond acceptors (Lipinski definition) is 3. The normalized spacial score (nSPS) is 11.2. The van der Waals surface area contributed by atoms with Crippen molar-refractivity contribution >= 4 is 47.1 Å². The van der Waals surface area contributed by atoms with E-state index in [9.17, 15) is 4.79 Å². The van der Waals surface area contributed by atoms with Crippen LogP contribution in [0.15, 0.2) is 84.0 Å². The first-order valence-electron chi connectivity index (χ1n) is 11.1. The number of hydrogen-bond donors (Lipinski definition) is 1. The monoisotopic (exact) mass is 521 g/mol. The summed E-state index contributed by atoms with van der Waals surface area (Å²) in [6.45, 7) is 3.98. The van der Waals surface area contributed by atoms with E-state index in [4.69, 9.17) is 23.2 Å². The summed E-state index contributed by atoms with van der Waals surface area (Å²) in [7, 11) is 0. The van der Waals surface area contributed by atoms with Crippen LogP contribution in [0.1, 0.15) is 38.4 Å². The number of carbonyl (C=O) groups excluding carboxylic acids is 1. The average Bonchev–Trinajstić information content (AvgIpc) is 3.13. The largest absolute Gasteiger partial charge is 0.316 e. The van der Waals surface area contributed by atoms with Crippen molar-refractivity contribution in [3.63, 3.8) is 0 Å². The molecule has 1 aromatic heterocycles. The number of aryl methyl sites for hydroxylation is 1. The highest BCUT2D eigenvalue weighted by molar-refractivity contribution is 7.97. The van der Waals surface area contributed by atoms with Gasteiger partial charge in [0, 0.05) is 39.0 Å². The molecule has 0 atom stereocenters. The Hall–Kier alpha value is -2.99. The molecule has 0 saturated heterocycles. The zero-order valence-electron chi connectivity index (χ0n) is 19.5. The highest BCUT2D eigenvalue weighted by Crippen LogP contribution is 2.28. The molecule has 0 fully saturated rings. The molecule has 4 nitrogen and oxygen atoms in total. The Morgan fingerprint density at radius 2 is 1.63 bits per heavy atom. The van der Waals surface area contributed by atoms with Gasteiger partial charge < -0.3 is 4.57 Å². The van der Waals surface area contributed by atoms with Gasteiger partial charge in [-0.25, -0.2) is 5.43 Å². The topological polar surface area (TPSA) is 46.4 Å². The maximum atomic E-state index is 12.5. The van der Waals surface area contributed by atoms with Gasteiger partial charge in [0.05, 0.1) is 16.9 Å². The molecule has 0 bridgehead atoms. The van der Waals surface area contributed by atoms with Gasteiger partial charge in [0.2, 0.25) is 0 Å². The molecule has 1 amide bonds. The van der Waals surface area contributed by atoms with Crippen molar-refractivity contribution in [3.05, 3.63) is 123 Å². The molecule has 4 aromatic rings. The van der Waals surface area contributed by atoms with Crippen LogP contribution < -0.4 is 5.43 Å². The van der Waals surface area contributed by atoms with Crippen LogP contribution in [-0.2, 0) is 11.5 Å². The number of amides is 1. The second-order valence-corrected chi connectivity index (χ2v) is 9.96. The second kappa shape index (κ2) is 11.6. The van der Waals surface area contributed by atoms with Crippen molar-refractivity contribution in [1.29, 1.82) is 0 Å². The van der Waals surface area contributed by atoms with Crippen molar-refractivity contribution in [2.24, 2.45) is 5.10 Å². The molecule has 0 radical (unpaired) electrons. The highest BCUT2D eigenvalue weighted by Gasteiger charge is 2.13. The molecule has 1 heterocycles. The summed E-state index contributed by atoms with van der Waals surface area (Å²) in [6, 6.07) is 25.4. The molecule has 4 rings (SSSR count). The number of aromatic nitrogens is 1. The molecule has 0 aliphatic heterocycles. The second-order valence-electron chi connectivity index (χ2n) is 8.13. The van der Waals surface area contributed by atoms with Crippen LogP contribution in [0, 0.1) is 13.8 Å². The molecule has 35 heavy (non-hydrogen) atoms. The number of rotatable bonds is 8. The molecule has 0 aliphatic rings. The van der Waals surface area contributed by atoms with Crippen LogP contribution in [0.2, 0.25) is 10.0 Å². The summed E-state index contributed by atoms with van der Waals surface area (Å²) in [6.07, 6.45) is 1.65. The molecule has 0 spiro atoms. The fourth-order valence-electron chi connectivity index (χ4n) is 3.79. The molecule has 3 aromatic carbocycles. The fraction of sp³-hybridized carbons (Fsp3) is 0.143. The van der Waals surface area contributed by atoms with E-state index in [0.717, 1.165) is 34.1 Å². The zero-order valence-corrected chi connectivity index (χ0v) is 21.8. The number of thioether (sulfide) groups is 1. The average molecular weight is 523 g/mol. The van der Waals surface area contributed by atoms with Gasteiger partial charge in [-0.15, -0.1) is 0 Å². The van der Waals surface area contributed by atoms with Gasteiger partial charge >= 0.3 is 0 Å². The highest BCUT2D eigenvalue weighted by atomic mass is 35.5. The molecular weight excluding hydrogens is 497 g/mol. The third-order valence-electron chi connectivity index (χ3n) is 5.59. The predicted octanol–water partition coefficient (Wildman–Crippen LogP) is 7.60. The summed E-state index contributed by atoms with van der Waals surface area (Å²) < 4.78 is 2.04. The lowest BCUT2D eigenvalue weighted by atomic mass is 10.1. The van der Waals surface area contributed by atoms with E-state index in [1.807, 2.05) is 78.7 Å². The third kappa shape index (κ3) is 6.37. The first-order chi connectivity index (χ1) is 16.9. The molecule has 0 saturated carbocycles. The zero-order chi connectivity index (χ0) is 24.8. The van der Waals surface area contributed by atoms with E-state index < -0.39 is 0 Å². The van der Waals surface area contributed by atoms with Crippen molar-refractivity contribution in [2.75, 3.05) is 0 Å². The van der Waals surface area contributed by atoms with E-state index in [1.54, 1.807) is 12.3 Å². The Bertz CT molecular complexity index is 1350. The van der Waals surface area contributed by atoms with Crippen LogP contribution >= 0.6 is 35.0 Å². The molecule has 0 aliphatic carbocycles. The van der Waals surface area contributed by atoms with E-state index in [2.05, 4.69) is 34.8 Å². The lowest BCUT2D eigenvalue weighted by Gasteiger charge is -2.11. The lowest BCUT2D eigenvalue weighted by molar-refractivity contribution is 0.0955. The van der Waals surface area contributed by atoms with Crippen molar-refractivity contribution in [2.45, 2.75) is 25.4 Å². The van der Waals surface area contributed by atoms with Gasteiger partial charge in [0.1, 0.15) is 0 Å². The minimum atomic E-state index is -0.251. The van der Waals surface area contributed by atoms with Gasteiger partial charge in [0.15, 0.2) is 0 Å². The Labute approximate surface area is 220 Å². The number of halogens is 2. The summed E-state index contributed by atoms with van der Waals surface area (Å²) in [5.74, 6) is 1.60. The minimum Gasteiger partial charge on any atom is -0.316 e. The first-order valence-corrected chi connectivity index (χ1v) is 13.0. The van der Waals surface area contributed by atoms with Crippen LogP contribution in [0.3, 0.4) is 0 Å². The SMILES string of the molecule is Cc1cc(/C=N\NC(=O)c2ccc(CSCc3ccccc3)cc2)c(C)n1-c1ccc(Cl)cc1Cl. The van der Waals surface area contributed by atoms with Gasteiger partial charge in [-0.1, -0.05) is 65.7 Å². The maximum absolute atomic E-state index is 12.5. The minimum absolute atomic E-state index is 0.251. The molecule has 7 heteroatoms. The Morgan fingerprint density at radius 3 is 2.31 bits per heavy atom. The summed E-state index contributed by atoms with van der Waals surface area (Å²) >= 11 is 14.3. The van der Waals surface area contributed by atoms with Crippen LogP contribution in [0.25, 0.3) is 5.69 Å². The van der Waals surface area contributed by atoms with Crippen LogP contribution in [0.4, 0.5) is 0 Å². The Balaban J connectivity index is 1.35. The number of benzene rings is 3. The maximum Gasteiger partial charge on any atom is 0.271 e. The molecule has 0 unspecified atom stereocenters. The fourth-order valence-corrected chi connectivity index (χ4v) is 5.24. The van der Waals surface area contributed by atoms with Gasteiger partial charge in [-0.05, 0) is 61.4 Å². The quantitative estimate of drug-likeness (QED) is 0.191. The summed E-state index contributed by atoms with van der Waals surface area (Å²) in [5, 5.41) is 5.33. The van der Waals surface area contributed by atoms with Crippen molar-refractivity contribution in [3.8, 4) is 5.69 Å². The lowest BCUT2D eigenvalue weighted by Crippen LogP contribution is -2.17. The van der Waals surface area contributed by atoms with E-state index in [1.165, 1.54) is 11.1 Å². The standard InChI is InChI=1S/C28H25Cl2N3OS/c1-19-14-24(20(2)33(19)27-13-12-25(29)15-26(27)30)16-31-32-28(34)23-10-8-22(9-11-23)18-35-17-21-6-4-3-5-7-21/h3-16H,17-18H2,1-2H3,(H,32,34)/b31-16-. The Morgan fingerprint density at radius 1 is 0.943 bits per heavy atom. The number of carbonyl (C=O) groups is 1. The van der Waals surface area contributed by atoms with E-state index in [-0.39, 0.29) is 5.91 Å².